The topological polar surface area (TPSA) is 55.1 Å². The molecule has 1 aliphatic carbocycles. The number of hydrogen-bond acceptors (Lipinski definition) is 2. The van der Waals surface area contributed by atoms with Gasteiger partial charge in [0, 0.05) is 11.3 Å². The van der Waals surface area contributed by atoms with Crippen molar-refractivity contribution in [2.45, 2.75) is 40.0 Å². The zero-order chi connectivity index (χ0) is 15.1. The van der Waals surface area contributed by atoms with Gasteiger partial charge in [-0.15, -0.1) is 0 Å². The van der Waals surface area contributed by atoms with Crippen LogP contribution in [0.3, 0.4) is 0 Å². The molecule has 1 heterocycles. The number of benzene rings is 1. The second-order valence-electron chi connectivity index (χ2n) is 6.06. The summed E-state index contributed by atoms with van der Waals surface area (Å²) in [5.41, 5.74) is 5.54. The number of rotatable bonds is 2. The van der Waals surface area contributed by atoms with Crippen molar-refractivity contribution in [3.05, 3.63) is 46.3 Å². The van der Waals surface area contributed by atoms with Crippen LogP contribution >= 0.6 is 0 Å². The summed E-state index contributed by atoms with van der Waals surface area (Å²) in [5.74, 6) is -0.406. The van der Waals surface area contributed by atoms with E-state index in [0.29, 0.717) is 5.92 Å². The fraction of sp³-hybridized carbons (Fsp3) is 0.412. The largest absolute Gasteiger partial charge is 0.476 e. The van der Waals surface area contributed by atoms with E-state index in [1.165, 1.54) is 5.56 Å². The Bertz CT molecular complexity index is 716. The van der Waals surface area contributed by atoms with E-state index in [1.54, 1.807) is 0 Å². The SMILES string of the molecule is Cc1cccc(-n2nc(C(=O)O)c3c2CCC(C)C3)c1C. The third-order valence-corrected chi connectivity index (χ3v) is 4.52. The summed E-state index contributed by atoms with van der Waals surface area (Å²) in [5, 5.41) is 13.9. The molecule has 2 aromatic rings. The molecule has 1 aromatic carbocycles. The zero-order valence-corrected chi connectivity index (χ0v) is 12.7. The lowest BCUT2D eigenvalue weighted by Gasteiger charge is -2.20. The van der Waals surface area contributed by atoms with Gasteiger partial charge >= 0.3 is 5.97 Å². The standard InChI is InChI=1S/C17H20N2O2/c1-10-7-8-15-13(9-10)16(17(20)21)18-19(15)14-6-4-5-11(2)12(14)3/h4-6,10H,7-9H2,1-3H3,(H,20,21). The first-order valence-corrected chi connectivity index (χ1v) is 7.39. The van der Waals surface area contributed by atoms with E-state index in [1.807, 2.05) is 16.8 Å². The number of hydrogen-bond donors (Lipinski definition) is 1. The lowest BCUT2D eigenvalue weighted by atomic mass is 9.87. The number of carboxylic acids is 1. The molecule has 1 atom stereocenters. The maximum absolute atomic E-state index is 11.5. The van der Waals surface area contributed by atoms with E-state index in [4.69, 9.17) is 0 Å². The van der Waals surface area contributed by atoms with Crippen LogP contribution in [0.4, 0.5) is 0 Å². The summed E-state index contributed by atoms with van der Waals surface area (Å²) in [6, 6.07) is 6.08. The first kappa shape index (κ1) is 13.9. The van der Waals surface area contributed by atoms with Gasteiger partial charge in [0.25, 0.3) is 0 Å². The molecule has 3 rings (SSSR count). The molecule has 1 aliphatic rings. The second kappa shape index (κ2) is 5.02. The summed E-state index contributed by atoms with van der Waals surface area (Å²) in [7, 11) is 0. The summed E-state index contributed by atoms with van der Waals surface area (Å²) in [6.45, 7) is 6.30. The maximum atomic E-state index is 11.5. The van der Waals surface area contributed by atoms with Crippen LogP contribution in [0.1, 0.15) is 46.2 Å². The summed E-state index contributed by atoms with van der Waals surface area (Å²) >= 11 is 0. The fourth-order valence-corrected chi connectivity index (χ4v) is 3.13. The molecule has 0 aliphatic heterocycles. The number of aromatic carboxylic acids is 1. The van der Waals surface area contributed by atoms with Crippen LogP contribution in [-0.2, 0) is 12.8 Å². The average Bonchev–Trinajstić information content (AvgIpc) is 2.80. The Morgan fingerprint density at radius 1 is 1.38 bits per heavy atom. The molecule has 0 spiro atoms. The number of aryl methyl sites for hydroxylation is 1. The summed E-state index contributed by atoms with van der Waals surface area (Å²) in [4.78, 5) is 11.5. The Hall–Kier alpha value is -2.10. The maximum Gasteiger partial charge on any atom is 0.356 e. The van der Waals surface area contributed by atoms with Crippen molar-refractivity contribution in [2.24, 2.45) is 5.92 Å². The van der Waals surface area contributed by atoms with Crippen molar-refractivity contribution < 1.29 is 9.90 Å². The quantitative estimate of drug-likeness (QED) is 0.920. The Morgan fingerprint density at radius 3 is 2.86 bits per heavy atom. The number of fused-ring (bicyclic) bond motifs is 1. The van der Waals surface area contributed by atoms with Crippen molar-refractivity contribution in [1.82, 2.24) is 9.78 Å². The molecule has 110 valence electrons. The van der Waals surface area contributed by atoms with Crippen molar-refractivity contribution in [1.29, 1.82) is 0 Å². The molecule has 0 amide bonds. The number of carboxylic acid groups (broad SMARTS) is 1. The van der Waals surface area contributed by atoms with Gasteiger partial charge in [0.2, 0.25) is 0 Å². The number of carbonyl (C=O) groups is 1. The third-order valence-electron chi connectivity index (χ3n) is 4.52. The molecule has 4 nitrogen and oxygen atoms in total. The Balaban J connectivity index is 2.22. The van der Waals surface area contributed by atoms with E-state index in [0.717, 1.165) is 41.8 Å². The van der Waals surface area contributed by atoms with Crippen LogP contribution in [0, 0.1) is 19.8 Å². The Labute approximate surface area is 124 Å². The monoisotopic (exact) mass is 284 g/mol. The van der Waals surface area contributed by atoms with Gasteiger partial charge in [0.1, 0.15) is 0 Å². The van der Waals surface area contributed by atoms with E-state index in [2.05, 4.69) is 31.9 Å². The van der Waals surface area contributed by atoms with Gasteiger partial charge in [-0.1, -0.05) is 19.1 Å². The van der Waals surface area contributed by atoms with Crippen LogP contribution in [-0.4, -0.2) is 20.9 Å². The normalized spacial score (nSPS) is 17.6. The zero-order valence-electron chi connectivity index (χ0n) is 12.7. The minimum Gasteiger partial charge on any atom is -0.476 e. The molecule has 0 radical (unpaired) electrons. The molecule has 0 saturated carbocycles. The first-order chi connectivity index (χ1) is 9.99. The van der Waals surface area contributed by atoms with Crippen LogP contribution in [0.25, 0.3) is 5.69 Å². The lowest BCUT2D eigenvalue weighted by molar-refractivity contribution is 0.0688. The van der Waals surface area contributed by atoms with Gasteiger partial charge in [-0.25, -0.2) is 9.48 Å². The van der Waals surface area contributed by atoms with E-state index >= 15 is 0 Å². The molecule has 0 fully saturated rings. The molecule has 1 aromatic heterocycles. The lowest BCUT2D eigenvalue weighted by Crippen LogP contribution is -2.15. The summed E-state index contributed by atoms with van der Waals surface area (Å²) < 4.78 is 1.85. The van der Waals surface area contributed by atoms with Crippen molar-refractivity contribution in [2.75, 3.05) is 0 Å². The second-order valence-corrected chi connectivity index (χ2v) is 6.06. The highest BCUT2D eigenvalue weighted by molar-refractivity contribution is 5.87. The predicted molar refractivity (Wildman–Crippen MR) is 81.2 cm³/mol. The molecule has 0 bridgehead atoms. The highest BCUT2D eigenvalue weighted by atomic mass is 16.4. The van der Waals surface area contributed by atoms with Crippen molar-refractivity contribution in [3.63, 3.8) is 0 Å². The number of nitrogens with zero attached hydrogens (tertiary/aromatic N) is 2. The molecule has 1 N–H and O–H groups in total. The van der Waals surface area contributed by atoms with Gasteiger partial charge in [0.05, 0.1) is 5.69 Å². The fourth-order valence-electron chi connectivity index (χ4n) is 3.13. The van der Waals surface area contributed by atoms with Gasteiger partial charge in [-0.3, -0.25) is 0 Å². The Kier molecular flexibility index (Phi) is 3.32. The van der Waals surface area contributed by atoms with E-state index < -0.39 is 5.97 Å². The molecule has 1 unspecified atom stereocenters. The van der Waals surface area contributed by atoms with Gasteiger partial charge in [-0.05, 0) is 56.2 Å². The average molecular weight is 284 g/mol. The smallest absolute Gasteiger partial charge is 0.356 e. The first-order valence-electron chi connectivity index (χ1n) is 7.39. The highest BCUT2D eigenvalue weighted by Crippen LogP contribution is 2.31. The van der Waals surface area contributed by atoms with Crippen molar-refractivity contribution in [3.8, 4) is 5.69 Å². The van der Waals surface area contributed by atoms with E-state index in [9.17, 15) is 9.90 Å². The molecule has 21 heavy (non-hydrogen) atoms. The van der Waals surface area contributed by atoms with Gasteiger partial charge in [0.15, 0.2) is 5.69 Å². The van der Waals surface area contributed by atoms with Crippen LogP contribution < -0.4 is 0 Å². The van der Waals surface area contributed by atoms with Gasteiger partial charge in [-0.2, -0.15) is 5.10 Å². The minimum atomic E-state index is -0.926. The highest BCUT2D eigenvalue weighted by Gasteiger charge is 2.28. The minimum absolute atomic E-state index is 0.220. The van der Waals surface area contributed by atoms with Gasteiger partial charge < -0.3 is 5.11 Å². The predicted octanol–water partition coefficient (Wildman–Crippen LogP) is 3.31. The molecular formula is C17H20N2O2. The number of aromatic nitrogens is 2. The van der Waals surface area contributed by atoms with Crippen LogP contribution in [0.2, 0.25) is 0 Å². The van der Waals surface area contributed by atoms with Crippen LogP contribution in [0.5, 0.6) is 0 Å². The molecular weight excluding hydrogens is 264 g/mol. The Morgan fingerprint density at radius 2 is 2.14 bits per heavy atom. The third kappa shape index (κ3) is 2.24. The molecule has 4 heteroatoms. The molecule has 0 saturated heterocycles. The van der Waals surface area contributed by atoms with Crippen LogP contribution in [0.15, 0.2) is 18.2 Å². The summed E-state index contributed by atoms with van der Waals surface area (Å²) in [6.07, 6.45) is 2.79. The van der Waals surface area contributed by atoms with Crippen molar-refractivity contribution >= 4 is 5.97 Å². The van der Waals surface area contributed by atoms with E-state index in [-0.39, 0.29) is 5.69 Å².